The van der Waals surface area contributed by atoms with Crippen LogP contribution in [0.5, 0.6) is 0 Å². The second-order valence-corrected chi connectivity index (χ2v) is 5.38. The molecule has 0 unspecified atom stereocenters. The lowest BCUT2D eigenvalue weighted by atomic mass is 10.2. The Balaban J connectivity index is 2.02. The number of benzene rings is 1. The van der Waals surface area contributed by atoms with Gasteiger partial charge in [-0.25, -0.2) is 18.6 Å². The van der Waals surface area contributed by atoms with Gasteiger partial charge in [-0.3, -0.25) is 18.7 Å². The lowest BCUT2D eigenvalue weighted by molar-refractivity contribution is 0.102. The van der Waals surface area contributed by atoms with Crippen molar-refractivity contribution in [2.24, 2.45) is 14.1 Å². The molecule has 0 aliphatic heterocycles. The number of nitrogens with zero attached hydrogens (tertiary/aromatic N) is 3. The second-order valence-electron chi connectivity index (χ2n) is 5.38. The van der Waals surface area contributed by atoms with Crippen LogP contribution in [-0.4, -0.2) is 20.0 Å². The van der Waals surface area contributed by atoms with E-state index in [9.17, 15) is 23.2 Å². The van der Waals surface area contributed by atoms with E-state index >= 15 is 0 Å². The highest BCUT2D eigenvalue weighted by Crippen LogP contribution is 2.14. The molecule has 0 radical (unpaired) electrons. The highest BCUT2D eigenvalue weighted by molar-refractivity contribution is 6.04. The molecule has 128 valence electrons. The van der Waals surface area contributed by atoms with E-state index in [1.54, 1.807) is 0 Å². The van der Waals surface area contributed by atoms with Crippen molar-refractivity contribution in [3.63, 3.8) is 0 Å². The first kappa shape index (κ1) is 16.5. The molecule has 3 aromatic rings. The van der Waals surface area contributed by atoms with E-state index in [2.05, 4.69) is 10.3 Å². The van der Waals surface area contributed by atoms with Gasteiger partial charge in [-0.1, -0.05) is 0 Å². The average molecular weight is 346 g/mol. The van der Waals surface area contributed by atoms with Crippen molar-refractivity contribution < 1.29 is 13.6 Å². The molecular formula is C16H12F2N4O3. The first-order chi connectivity index (χ1) is 11.8. The molecule has 1 amide bonds. The summed E-state index contributed by atoms with van der Waals surface area (Å²) in [5.41, 5.74) is -0.831. The van der Waals surface area contributed by atoms with Crippen molar-refractivity contribution in [1.29, 1.82) is 0 Å². The smallest absolute Gasteiger partial charge is 0.321 e. The minimum atomic E-state index is -1.15. The van der Waals surface area contributed by atoms with Gasteiger partial charge in [-0.2, -0.15) is 0 Å². The Morgan fingerprint density at radius 1 is 1.08 bits per heavy atom. The number of aromatic nitrogens is 3. The van der Waals surface area contributed by atoms with Gasteiger partial charge in [-0.15, -0.1) is 0 Å². The molecule has 2 aromatic heterocycles. The third-order valence-electron chi connectivity index (χ3n) is 3.73. The van der Waals surface area contributed by atoms with Crippen LogP contribution in [0.1, 0.15) is 10.4 Å². The first-order valence-electron chi connectivity index (χ1n) is 7.12. The predicted octanol–water partition coefficient (Wildman–Crippen LogP) is 1.16. The second kappa shape index (κ2) is 5.93. The number of fused-ring (bicyclic) bond motifs is 1. The summed E-state index contributed by atoms with van der Waals surface area (Å²) in [6.45, 7) is 0. The summed E-state index contributed by atoms with van der Waals surface area (Å²) in [6.07, 6.45) is 1.26. The van der Waals surface area contributed by atoms with Gasteiger partial charge in [0.15, 0.2) is 11.6 Å². The number of nitrogens with one attached hydrogen (secondary N) is 1. The zero-order valence-corrected chi connectivity index (χ0v) is 13.2. The van der Waals surface area contributed by atoms with Crippen LogP contribution < -0.4 is 16.6 Å². The number of hydrogen-bond donors (Lipinski definition) is 1. The Kier molecular flexibility index (Phi) is 3.91. The Bertz CT molecular complexity index is 1130. The molecule has 9 heteroatoms. The van der Waals surface area contributed by atoms with Crippen LogP contribution in [0, 0.1) is 11.6 Å². The van der Waals surface area contributed by atoms with Crippen molar-refractivity contribution in [3.8, 4) is 0 Å². The zero-order chi connectivity index (χ0) is 18.3. The van der Waals surface area contributed by atoms with Crippen LogP contribution >= 0.6 is 0 Å². The number of pyridine rings is 1. The van der Waals surface area contributed by atoms with Gasteiger partial charge in [0.2, 0.25) is 0 Å². The third kappa shape index (κ3) is 2.80. The Hall–Kier alpha value is -3.36. The van der Waals surface area contributed by atoms with E-state index in [1.165, 1.54) is 30.9 Å². The molecule has 0 saturated carbocycles. The molecule has 1 N–H and O–H groups in total. The van der Waals surface area contributed by atoms with Crippen LogP contribution in [0.3, 0.4) is 0 Å². The standard InChI is InChI=1S/C16H12F2N4O3/c1-21-13-10(15(24)22(2)16(21)25)6-9(7-19-13)20-14(23)8-3-4-11(17)12(18)5-8/h3-7H,1-2H3,(H,20,23). The van der Waals surface area contributed by atoms with Gasteiger partial charge < -0.3 is 5.32 Å². The molecule has 0 fully saturated rings. The zero-order valence-electron chi connectivity index (χ0n) is 13.2. The number of rotatable bonds is 2. The van der Waals surface area contributed by atoms with E-state index < -0.39 is 28.8 Å². The topological polar surface area (TPSA) is 86.0 Å². The Morgan fingerprint density at radius 2 is 1.80 bits per heavy atom. The van der Waals surface area contributed by atoms with Gasteiger partial charge in [-0.05, 0) is 24.3 Å². The van der Waals surface area contributed by atoms with E-state index in [-0.39, 0.29) is 22.3 Å². The van der Waals surface area contributed by atoms with Gasteiger partial charge in [0.05, 0.1) is 17.3 Å². The van der Waals surface area contributed by atoms with Crippen molar-refractivity contribution in [2.45, 2.75) is 0 Å². The molecule has 0 aliphatic carbocycles. The van der Waals surface area contributed by atoms with Crippen LogP contribution in [0.25, 0.3) is 11.0 Å². The predicted molar refractivity (Wildman–Crippen MR) is 86.5 cm³/mol. The number of anilines is 1. The lowest BCUT2D eigenvalue weighted by Crippen LogP contribution is -2.37. The summed E-state index contributed by atoms with van der Waals surface area (Å²) < 4.78 is 28.3. The molecule has 25 heavy (non-hydrogen) atoms. The summed E-state index contributed by atoms with van der Waals surface area (Å²) in [5, 5.41) is 2.58. The first-order valence-corrected chi connectivity index (χ1v) is 7.12. The molecule has 0 bridgehead atoms. The molecule has 0 saturated heterocycles. The summed E-state index contributed by atoms with van der Waals surface area (Å²) in [4.78, 5) is 40.2. The fraction of sp³-hybridized carbons (Fsp3) is 0.125. The number of hydrogen-bond acceptors (Lipinski definition) is 4. The SMILES string of the molecule is Cn1c(=O)c2cc(NC(=O)c3ccc(F)c(F)c3)cnc2n(C)c1=O. The van der Waals surface area contributed by atoms with Crippen LogP contribution in [0.2, 0.25) is 0 Å². The molecule has 2 heterocycles. The van der Waals surface area contributed by atoms with Gasteiger partial charge >= 0.3 is 5.69 Å². The molecule has 0 aliphatic rings. The molecule has 0 atom stereocenters. The number of halogens is 2. The highest BCUT2D eigenvalue weighted by Gasteiger charge is 2.13. The summed E-state index contributed by atoms with van der Waals surface area (Å²) in [6, 6.07) is 4.10. The monoisotopic (exact) mass is 346 g/mol. The van der Waals surface area contributed by atoms with E-state index in [0.717, 1.165) is 22.8 Å². The molecular weight excluding hydrogens is 334 g/mol. The van der Waals surface area contributed by atoms with E-state index in [4.69, 9.17) is 0 Å². The maximum Gasteiger partial charge on any atom is 0.332 e. The number of carbonyl (C=O) groups is 1. The quantitative estimate of drug-likeness (QED) is 0.755. The van der Waals surface area contributed by atoms with E-state index in [0.29, 0.717) is 0 Å². The fourth-order valence-electron chi connectivity index (χ4n) is 2.37. The van der Waals surface area contributed by atoms with Crippen molar-refractivity contribution in [2.75, 3.05) is 5.32 Å². The molecule has 7 nitrogen and oxygen atoms in total. The van der Waals surface area contributed by atoms with Crippen LogP contribution in [0.4, 0.5) is 14.5 Å². The Labute approximate surface area is 139 Å². The minimum Gasteiger partial charge on any atom is -0.321 e. The highest BCUT2D eigenvalue weighted by atomic mass is 19.2. The Morgan fingerprint density at radius 3 is 2.48 bits per heavy atom. The normalized spacial score (nSPS) is 10.9. The number of carbonyl (C=O) groups excluding carboxylic acids is 1. The summed E-state index contributed by atoms with van der Waals surface area (Å²) in [7, 11) is 2.80. The van der Waals surface area contributed by atoms with E-state index in [1.807, 2.05) is 0 Å². The largest absolute Gasteiger partial charge is 0.332 e. The fourth-order valence-corrected chi connectivity index (χ4v) is 2.37. The van der Waals surface area contributed by atoms with Gasteiger partial charge in [0.1, 0.15) is 5.65 Å². The molecule has 3 rings (SSSR count). The summed E-state index contributed by atoms with van der Waals surface area (Å²) in [5.74, 6) is -2.90. The van der Waals surface area contributed by atoms with Crippen molar-refractivity contribution in [1.82, 2.24) is 14.1 Å². The average Bonchev–Trinajstić information content (AvgIpc) is 2.60. The molecule has 1 aromatic carbocycles. The summed E-state index contributed by atoms with van der Waals surface area (Å²) >= 11 is 0. The maximum atomic E-state index is 13.2. The van der Waals surface area contributed by atoms with Crippen LogP contribution in [0.15, 0.2) is 40.1 Å². The van der Waals surface area contributed by atoms with Gasteiger partial charge in [0.25, 0.3) is 11.5 Å². The number of amides is 1. The van der Waals surface area contributed by atoms with Gasteiger partial charge in [0, 0.05) is 19.7 Å². The molecule has 0 spiro atoms. The van der Waals surface area contributed by atoms with Crippen LogP contribution in [-0.2, 0) is 14.1 Å². The lowest BCUT2D eigenvalue weighted by Gasteiger charge is -2.09. The van der Waals surface area contributed by atoms with Crippen molar-refractivity contribution in [3.05, 3.63) is 68.5 Å². The minimum absolute atomic E-state index is 0.0904. The number of aryl methyl sites for hydroxylation is 1. The van der Waals surface area contributed by atoms with Crippen molar-refractivity contribution >= 4 is 22.6 Å². The third-order valence-corrected chi connectivity index (χ3v) is 3.73. The maximum absolute atomic E-state index is 13.2.